The fourth-order valence-electron chi connectivity index (χ4n) is 3.27. The van der Waals surface area contributed by atoms with Gasteiger partial charge >= 0.3 is 5.97 Å². The Morgan fingerprint density at radius 2 is 1.82 bits per heavy atom. The van der Waals surface area contributed by atoms with E-state index < -0.39 is 5.97 Å². The van der Waals surface area contributed by atoms with Crippen LogP contribution in [-0.2, 0) is 4.74 Å². The smallest absolute Gasteiger partial charge is 0.337 e. The van der Waals surface area contributed by atoms with Crippen LogP contribution in [0, 0.1) is 0 Å². The molecule has 1 aliphatic heterocycles. The van der Waals surface area contributed by atoms with Gasteiger partial charge < -0.3 is 14.5 Å². The monoisotopic (exact) mass is 415 g/mol. The molecule has 1 aromatic carbocycles. The molecule has 8 heteroatoms. The Labute approximate surface area is 171 Å². The van der Waals surface area contributed by atoms with Crippen LogP contribution in [0.15, 0.2) is 30.3 Å². The third-order valence-electron chi connectivity index (χ3n) is 4.90. The molecular formula is C20H21N3O3S2. The summed E-state index contributed by atoms with van der Waals surface area (Å²) in [4.78, 5) is 33.8. The minimum absolute atomic E-state index is 0.0828. The topological polar surface area (TPSA) is 62.7 Å². The molecule has 2 aromatic heterocycles. The summed E-state index contributed by atoms with van der Waals surface area (Å²) >= 11 is 3.16. The van der Waals surface area contributed by atoms with Gasteiger partial charge in [0.25, 0.3) is 5.91 Å². The standard InChI is InChI=1S/C20H21N3O3S2/c1-22(14-8-6-13(7-9-14)18(25)26-2)17(24)16-12-15-19(27-16)28-20(21-15)23-10-4-3-5-11-23/h6-9,12H,3-5,10-11H2,1-2H3. The summed E-state index contributed by atoms with van der Waals surface area (Å²) in [6.45, 7) is 2.13. The van der Waals surface area contributed by atoms with Crippen LogP contribution in [0.2, 0.25) is 0 Å². The highest BCUT2D eigenvalue weighted by Gasteiger charge is 2.21. The van der Waals surface area contributed by atoms with Crippen LogP contribution in [0.3, 0.4) is 0 Å². The lowest BCUT2D eigenvalue weighted by Gasteiger charge is -2.25. The molecule has 3 aromatic rings. The molecular weight excluding hydrogens is 394 g/mol. The van der Waals surface area contributed by atoms with E-state index in [2.05, 4.69) is 4.90 Å². The van der Waals surface area contributed by atoms with Gasteiger partial charge in [-0.3, -0.25) is 4.79 Å². The average Bonchev–Trinajstić information content (AvgIpc) is 3.32. The zero-order valence-electron chi connectivity index (χ0n) is 15.8. The number of ether oxygens (including phenoxy) is 1. The molecule has 0 bridgehead atoms. The molecule has 146 valence electrons. The minimum Gasteiger partial charge on any atom is -0.465 e. The number of hydrogen-bond donors (Lipinski definition) is 0. The van der Waals surface area contributed by atoms with Crippen molar-refractivity contribution in [2.75, 3.05) is 37.0 Å². The van der Waals surface area contributed by atoms with E-state index in [1.807, 2.05) is 6.07 Å². The second-order valence-electron chi connectivity index (χ2n) is 6.73. The number of rotatable bonds is 4. The molecule has 4 rings (SSSR count). The SMILES string of the molecule is COC(=O)c1ccc(N(C)C(=O)c2cc3nc(N4CCCCC4)sc3s2)cc1. The third kappa shape index (κ3) is 3.62. The molecule has 1 aliphatic rings. The van der Waals surface area contributed by atoms with Gasteiger partial charge in [0.05, 0.1) is 23.1 Å². The first-order valence-corrected chi connectivity index (χ1v) is 10.8. The molecule has 0 saturated carbocycles. The molecule has 0 radical (unpaired) electrons. The van der Waals surface area contributed by atoms with Gasteiger partial charge in [0, 0.05) is 25.8 Å². The molecule has 3 heterocycles. The number of nitrogens with zero attached hydrogens (tertiary/aromatic N) is 3. The summed E-state index contributed by atoms with van der Waals surface area (Å²) in [5, 5.41) is 1.06. The van der Waals surface area contributed by atoms with Crippen LogP contribution in [0.4, 0.5) is 10.8 Å². The first kappa shape index (κ1) is 18.9. The largest absolute Gasteiger partial charge is 0.465 e. The summed E-state index contributed by atoms with van der Waals surface area (Å²) in [6.07, 6.45) is 3.73. The Balaban J connectivity index is 1.51. The minimum atomic E-state index is -0.394. The Kier molecular flexibility index (Phi) is 5.32. The second kappa shape index (κ2) is 7.89. The van der Waals surface area contributed by atoms with Crippen molar-refractivity contribution in [1.82, 2.24) is 4.98 Å². The number of benzene rings is 1. The van der Waals surface area contributed by atoms with Crippen LogP contribution in [-0.4, -0.2) is 44.1 Å². The number of carbonyl (C=O) groups excluding carboxylic acids is 2. The number of amides is 1. The van der Waals surface area contributed by atoms with Crippen molar-refractivity contribution < 1.29 is 14.3 Å². The van der Waals surface area contributed by atoms with Crippen molar-refractivity contribution in [3.8, 4) is 0 Å². The van der Waals surface area contributed by atoms with Crippen molar-refractivity contribution in [2.45, 2.75) is 19.3 Å². The van der Waals surface area contributed by atoms with Gasteiger partial charge in [-0.25, -0.2) is 9.78 Å². The zero-order valence-corrected chi connectivity index (χ0v) is 17.4. The van der Waals surface area contributed by atoms with Crippen molar-refractivity contribution in [2.24, 2.45) is 0 Å². The molecule has 6 nitrogen and oxygen atoms in total. The fourth-order valence-corrected chi connectivity index (χ4v) is 5.57. The number of esters is 1. The van der Waals surface area contributed by atoms with Crippen LogP contribution in [0.25, 0.3) is 9.53 Å². The zero-order chi connectivity index (χ0) is 19.7. The summed E-state index contributed by atoms with van der Waals surface area (Å²) in [6, 6.07) is 8.68. The van der Waals surface area contributed by atoms with E-state index in [1.165, 1.54) is 37.7 Å². The maximum absolute atomic E-state index is 12.9. The van der Waals surface area contributed by atoms with Gasteiger partial charge in [-0.2, -0.15) is 0 Å². The maximum atomic E-state index is 12.9. The quantitative estimate of drug-likeness (QED) is 0.591. The van der Waals surface area contributed by atoms with Crippen molar-refractivity contribution in [3.63, 3.8) is 0 Å². The highest BCUT2D eigenvalue weighted by Crippen LogP contribution is 2.36. The molecule has 1 fully saturated rings. The first-order valence-electron chi connectivity index (χ1n) is 9.18. The van der Waals surface area contributed by atoms with E-state index in [1.54, 1.807) is 47.5 Å². The second-order valence-corrected chi connectivity index (χ2v) is 9.02. The number of fused-ring (bicyclic) bond motifs is 1. The number of thiazole rings is 1. The number of piperidine rings is 1. The lowest BCUT2D eigenvalue weighted by atomic mass is 10.1. The maximum Gasteiger partial charge on any atom is 0.337 e. The van der Waals surface area contributed by atoms with E-state index in [9.17, 15) is 9.59 Å². The van der Waals surface area contributed by atoms with Crippen molar-refractivity contribution in [1.29, 1.82) is 0 Å². The van der Waals surface area contributed by atoms with Gasteiger partial charge in [0.1, 0.15) is 4.01 Å². The van der Waals surface area contributed by atoms with E-state index in [0.717, 1.165) is 33.4 Å². The van der Waals surface area contributed by atoms with Gasteiger partial charge in [-0.05, 0) is 49.6 Å². The summed E-state index contributed by atoms with van der Waals surface area (Å²) in [5.74, 6) is -0.477. The predicted molar refractivity (Wildman–Crippen MR) is 114 cm³/mol. The number of hydrogen-bond acceptors (Lipinski definition) is 7. The number of thiophene rings is 1. The Bertz CT molecular complexity index is 972. The molecule has 0 N–H and O–H groups in total. The number of carbonyl (C=O) groups is 2. The molecule has 0 unspecified atom stereocenters. The lowest BCUT2D eigenvalue weighted by Crippen LogP contribution is -2.29. The molecule has 1 amide bonds. The number of anilines is 2. The van der Waals surface area contributed by atoms with Crippen molar-refractivity contribution in [3.05, 3.63) is 40.8 Å². The Hall–Kier alpha value is -2.45. The normalized spacial score (nSPS) is 14.3. The summed E-state index contributed by atoms with van der Waals surface area (Å²) in [7, 11) is 3.08. The van der Waals surface area contributed by atoms with E-state index in [0.29, 0.717) is 10.4 Å². The predicted octanol–water partition coefficient (Wildman–Crippen LogP) is 4.41. The molecule has 0 spiro atoms. The number of aromatic nitrogens is 1. The van der Waals surface area contributed by atoms with E-state index in [4.69, 9.17) is 9.72 Å². The van der Waals surface area contributed by atoms with E-state index in [-0.39, 0.29) is 5.91 Å². The van der Waals surface area contributed by atoms with Crippen LogP contribution in [0.1, 0.15) is 39.3 Å². The first-order chi connectivity index (χ1) is 13.6. The van der Waals surface area contributed by atoms with Crippen LogP contribution in [0.5, 0.6) is 0 Å². The van der Waals surface area contributed by atoms with E-state index >= 15 is 0 Å². The molecule has 28 heavy (non-hydrogen) atoms. The highest BCUT2D eigenvalue weighted by molar-refractivity contribution is 7.40. The van der Waals surface area contributed by atoms with Crippen molar-refractivity contribution >= 4 is 54.9 Å². The lowest BCUT2D eigenvalue weighted by molar-refractivity contribution is 0.0600. The van der Waals surface area contributed by atoms with Gasteiger partial charge in [-0.15, -0.1) is 11.3 Å². The highest BCUT2D eigenvalue weighted by atomic mass is 32.2. The average molecular weight is 416 g/mol. The van der Waals surface area contributed by atoms with Crippen LogP contribution >= 0.6 is 22.7 Å². The molecule has 1 saturated heterocycles. The number of methoxy groups -OCH3 is 1. The Morgan fingerprint density at radius 3 is 2.46 bits per heavy atom. The van der Waals surface area contributed by atoms with Crippen LogP contribution < -0.4 is 9.80 Å². The van der Waals surface area contributed by atoms with Gasteiger partial charge in [-0.1, -0.05) is 11.3 Å². The summed E-state index contributed by atoms with van der Waals surface area (Å²) in [5.41, 5.74) is 2.07. The molecule has 0 aliphatic carbocycles. The van der Waals surface area contributed by atoms with Gasteiger partial charge in [0.15, 0.2) is 5.13 Å². The fraction of sp³-hybridized carbons (Fsp3) is 0.350. The van der Waals surface area contributed by atoms with Gasteiger partial charge in [0.2, 0.25) is 0 Å². The Morgan fingerprint density at radius 1 is 1.11 bits per heavy atom. The summed E-state index contributed by atoms with van der Waals surface area (Å²) < 4.78 is 5.79. The molecule has 0 atom stereocenters. The third-order valence-corrected chi connectivity index (χ3v) is 7.23.